The zero-order valence-electron chi connectivity index (χ0n) is 19.1. The Balaban J connectivity index is 1.63. The summed E-state index contributed by atoms with van der Waals surface area (Å²) in [5.41, 5.74) is 3.77. The molecule has 0 spiro atoms. The standard InChI is InChI=1S/C27H22Cl2N4O2/c1-16-23(26(34)32(30-16)21-12-8-19(28)9-13-21)25(18-6-4-3-5-7-18)24-17(2)31-33(27(24)35)22-14-10-20(29)11-15-22/h3-15,23,25,31H,1-2H3/t23-,25+/m0/s1. The summed E-state index contributed by atoms with van der Waals surface area (Å²) >= 11 is 12.1. The summed E-state index contributed by atoms with van der Waals surface area (Å²) in [6.45, 7) is 3.68. The van der Waals surface area contributed by atoms with Crippen LogP contribution in [-0.2, 0) is 4.79 Å². The van der Waals surface area contributed by atoms with Gasteiger partial charge in [-0.05, 0) is 67.9 Å². The second-order valence-corrected chi connectivity index (χ2v) is 9.37. The van der Waals surface area contributed by atoms with Crippen molar-refractivity contribution in [1.29, 1.82) is 0 Å². The molecule has 6 nitrogen and oxygen atoms in total. The predicted octanol–water partition coefficient (Wildman–Crippen LogP) is 5.95. The van der Waals surface area contributed by atoms with Crippen LogP contribution in [0.15, 0.2) is 88.8 Å². The molecule has 0 unspecified atom stereocenters. The summed E-state index contributed by atoms with van der Waals surface area (Å²) in [7, 11) is 0. The Kier molecular flexibility index (Phi) is 6.09. The van der Waals surface area contributed by atoms with Crippen molar-refractivity contribution in [3.05, 3.63) is 116 Å². The molecule has 8 heteroatoms. The SMILES string of the molecule is CC1=NN(c2ccc(Cl)cc2)C(=O)[C@@H]1[C@@H](c1ccccc1)c1c(C)[nH]n(-c2ccc(Cl)cc2)c1=O. The van der Waals surface area contributed by atoms with E-state index in [-0.39, 0.29) is 11.5 Å². The first-order chi connectivity index (χ1) is 16.8. The summed E-state index contributed by atoms with van der Waals surface area (Å²) in [5.74, 6) is -1.37. The quantitative estimate of drug-likeness (QED) is 0.364. The van der Waals surface area contributed by atoms with Gasteiger partial charge in [0.1, 0.15) is 0 Å². The highest BCUT2D eigenvalue weighted by Gasteiger charge is 2.43. The van der Waals surface area contributed by atoms with Crippen LogP contribution in [0, 0.1) is 12.8 Å². The van der Waals surface area contributed by atoms with E-state index in [4.69, 9.17) is 23.2 Å². The highest BCUT2D eigenvalue weighted by Crippen LogP contribution is 2.38. The molecule has 0 saturated heterocycles. The molecule has 1 aromatic heterocycles. The fraction of sp³-hybridized carbons (Fsp3) is 0.148. The molecular weight excluding hydrogens is 483 g/mol. The van der Waals surface area contributed by atoms with E-state index in [0.717, 1.165) is 5.56 Å². The maximum absolute atomic E-state index is 13.8. The minimum atomic E-state index is -0.644. The molecule has 0 radical (unpaired) electrons. The number of rotatable bonds is 5. The molecule has 2 atom stereocenters. The lowest BCUT2D eigenvalue weighted by molar-refractivity contribution is -0.120. The number of nitrogens with zero attached hydrogens (tertiary/aromatic N) is 3. The van der Waals surface area contributed by atoms with Crippen LogP contribution >= 0.6 is 23.2 Å². The van der Waals surface area contributed by atoms with E-state index in [2.05, 4.69) is 10.2 Å². The third kappa shape index (κ3) is 4.20. The first-order valence-corrected chi connectivity index (χ1v) is 11.9. The number of hydrogen-bond donors (Lipinski definition) is 1. The number of carbonyl (C=O) groups is 1. The van der Waals surface area contributed by atoms with E-state index in [1.807, 2.05) is 44.2 Å². The second-order valence-electron chi connectivity index (χ2n) is 8.50. The Hall–Kier alpha value is -3.61. The lowest BCUT2D eigenvalue weighted by atomic mass is 9.78. The number of halogens is 2. The van der Waals surface area contributed by atoms with Gasteiger partial charge in [-0.1, -0.05) is 53.5 Å². The molecule has 0 bridgehead atoms. The number of H-pyrrole nitrogens is 1. The van der Waals surface area contributed by atoms with Gasteiger partial charge in [0.25, 0.3) is 11.5 Å². The number of hydrazone groups is 1. The second kappa shape index (κ2) is 9.21. The zero-order valence-corrected chi connectivity index (χ0v) is 20.6. The lowest BCUT2D eigenvalue weighted by Gasteiger charge is -2.23. The molecule has 5 rings (SSSR count). The highest BCUT2D eigenvalue weighted by atomic mass is 35.5. The third-order valence-corrected chi connectivity index (χ3v) is 6.76. The lowest BCUT2D eigenvalue weighted by Crippen LogP contribution is -2.34. The van der Waals surface area contributed by atoms with E-state index in [9.17, 15) is 9.59 Å². The van der Waals surface area contributed by atoms with Gasteiger partial charge in [0.05, 0.1) is 17.3 Å². The molecular formula is C27H22Cl2N4O2. The van der Waals surface area contributed by atoms with E-state index in [0.29, 0.717) is 38.4 Å². The summed E-state index contributed by atoms with van der Waals surface area (Å²) in [6, 6.07) is 23.6. The minimum Gasteiger partial charge on any atom is -0.295 e. The average molecular weight is 505 g/mol. The number of benzene rings is 3. The van der Waals surface area contributed by atoms with Crippen LogP contribution in [0.2, 0.25) is 10.0 Å². The monoisotopic (exact) mass is 504 g/mol. The number of carbonyl (C=O) groups excluding carboxylic acids is 1. The van der Waals surface area contributed by atoms with Crippen molar-refractivity contribution in [3.8, 4) is 5.69 Å². The first-order valence-electron chi connectivity index (χ1n) is 11.1. The normalized spacial score (nSPS) is 16.5. The predicted molar refractivity (Wildman–Crippen MR) is 140 cm³/mol. The van der Waals surface area contributed by atoms with Gasteiger partial charge in [0, 0.05) is 32.9 Å². The topological polar surface area (TPSA) is 70.5 Å². The minimum absolute atomic E-state index is 0.197. The average Bonchev–Trinajstić information content (AvgIpc) is 3.31. The van der Waals surface area contributed by atoms with Crippen molar-refractivity contribution in [2.75, 3.05) is 5.01 Å². The number of aromatic nitrogens is 2. The van der Waals surface area contributed by atoms with E-state index in [1.165, 1.54) is 9.69 Å². The van der Waals surface area contributed by atoms with Crippen LogP contribution in [0.4, 0.5) is 5.69 Å². The van der Waals surface area contributed by atoms with Crippen molar-refractivity contribution in [2.45, 2.75) is 19.8 Å². The fourth-order valence-electron chi connectivity index (χ4n) is 4.61. The van der Waals surface area contributed by atoms with Crippen LogP contribution in [0.3, 0.4) is 0 Å². The Bertz CT molecular complexity index is 1470. The van der Waals surface area contributed by atoms with Crippen LogP contribution in [0.1, 0.15) is 29.7 Å². The van der Waals surface area contributed by atoms with Crippen molar-refractivity contribution in [2.24, 2.45) is 11.0 Å². The number of hydrogen-bond acceptors (Lipinski definition) is 3. The largest absolute Gasteiger partial charge is 0.295 e. The van der Waals surface area contributed by atoms with E-state index in [1.54, 1.807) is 48.5 Å². The van der Waals surface area contributed by atoms with Crippen LogP contribution in [0.5, 0.6) is 0 Å². The van der Waals surface area contributed by atoms with Gasteiger partial charge in [-0.15, -0.1) is 0 Å². The highest BCUT2D eigenvalue weighted by molar-refractivity contribution is 6.31. The number of anilines is 1. The maximum atomic E-state index is 13.8. The van der Waals surface area contributed by atoms with Gasteiger partial charge < -0.3 is 0 Å². The summed E-state index contributed by atoms with van der Waals surface area (Å²) in [5, 5.41) is 10.3. The molecule has 0 saturated carbocycles. The van der Waals surface area contributed by atoms with Crippen LogP contribution < -0.4 is 10.6 Å². The molecule has 0 aliphatic carbocycles. The molecule has 0 fully saturated rings. The van der Waals surface area contributed by atoms with Gasteiger partial charge in [-0.2, -0.15) is 5.10 Å². The summed E-state index contributed by atoms with van der Waals surface area (Å²) in [6.07, 6.45) is 0. The Labute approximate surface area is 212 Å². The fourth-order valence-corrected chi connectivity index (χ4v) is 4.87. The smallest absolute Gasteiger partial charge is 0.275 e. The van der Waals surface area contributed by atoms with Gasteiger partial charge in [0.2, 0.25) is 0 Å². The molecule has 1 amide bonds. The molecule has 176 valence electrons. The Morgan fingerprint density at radius 3 is 2.00 bits per heavy atom. The van der Waals surface area contributed by atoms with Crippen molar-refractivity contribution >= 4 is 40.5 Å². The Morgan fingerprint density at radius 1 is 0.829 bits per heavy atom. The molecule has 1 N–H and O–H groups in total. The van der Waals surface area contributed by atoms with Gasteiger partial charge >= 0.3 is 0 Å². The van der Waals surface area contributed by atoms with Gasteiger partial charge in [0.15, 0.2) is 0 Å². The molecule has 35 heavy (non-hydrogen) atoms. The van der Waals surface area contributed by atoms with Gasteiger partial charge in [-0.25, -0.2) is 9.69 Å². The molecule has 2 heterocycles. The van der Waals surface area contributed by atoms with E-state index >= 15 is 0 Å². The van der Waals surface area contributed by atoms with Gasteiger partial charge in [-0.3, -0.25) is 14.7 Å². The molecule has 4 aromatic rings. The molecule has 1 aliphatic rings. The van der Waals surface area contributed by atoms with Crippen LogP contribution in [-0.4, -0.2) is 21.4 Å². The maximum Gasteiger partial charge on any atom is 0.275 e. The number of amides is 1. The van der Waals surface area contributed by atoms with Crippen molar-refractivity contribution < 1.29 is 4.79 Å². The summed E-state index contributed by atoms with van der Waals surface area (Å²) in [4.78, 5) is 27.5. The summed E-state index contributed by atoms with van der Waals surface area (Å²) < 4.78 is 1.49. The molecule has 3 aromatic carbocycles. The van der Waals surface area contributed by atoms with E-state index < -0.39 is 11.8 Å². The van der Waals surface area contributed by atoms with Crippen LogP contribution in [0.25, 0.3) is 5.69 Å². The number of nitrogens with one attached hydrogen (secondary N) is 1. The number of aromatic amines is 1. The van der Waals surface area contributed by atoms with Crippen molar-refractivity contribution in [1.82, 2.24) is 9.78 Å². The third-order valence-electron chi connectivity index (χ3n) is 6.26. The number of aryl methyl sites for hydroxylation is 1. The zero-order chi connectivity index (χ0) is 24.7. The Morgan fingerprint density at radius 2 is 1.40 bits per heavy atom. The molecule has 1 aliphatic heterocycles. The first kappa shape index (κ1) is 23.1. The van der Waals surface area contributed by atoms with Crippen molar-refractivity contribution in [3.63, 3.8) is 0 Å².